The molecule has 1 atom stereocenters. The minimum atomic E-state index is -0.194. The molecule has 21 heavy (non-hydrogen) atoms. The number of methoxy groups -OCH3 is 1. The largest absolute Gasteiger partial charge is 0.494 e. The Morgan fingerprint density at radius 3 is 2.67 bits per heavy atom. The van der Waals surface area contributed by atoms with Gasteiger partial charge in [-0.15, -0.1) is 11.6 Å². The molecule has 0 saturated carbocycles. The molecule has 0 spiro atoms. The Hall–Kier alpha value is -1.27. The summed E-state index contributed by atoms with van der Waals surface area (Å²) in [7, 11) is 1.66. The van der Waals surface area contributed by atoms with E-state index in [-0.39, 0.29) is 5.38 Å². The summed E-state index contributed by atoms with van der Waals surface area (Å²) >= 11 is 8.64. The van der Waals surface area contributed by atoms with Crippen molar-refractivity contribution < 1.29 is 4.74 Å². The van der Waals surface area contributed by atoms with Crippen molar-refractivity contribution in [1.29, 1.82) is 0 Å². The number of para-hydroxylation sites is 1. The van der Waals surface area contributed by atoms with Crippen LogP contribution in [0.3, 0.4) is 0 Å². The fourth-order valence-corrected chi connectivity index (χ4v) is 3.08. The highest BCUT2D eigenvalue weighted by atomic mass is 127. The zero-order valence-corrected chi connectivity index (χ0v) is 14.6. The maximum absolute atomic E-state index is 6.34. The lowest BCUT2D eigenvalue weighted by Gasteiger charge is -2.11. The molecule has 0 fully saturated rings. The first-order chi connectivity index (χ1) is 10.1. The summed E-state index contributed by atoms with van der Waals surface area (Å²) in [5.74, 6) is 1.58. The summed E-state index contributed by atoms with van der Waals surface area (Å²) in [6.07, 6.45) is 0. The summed E-state index contributed by atoms with van der Waals surface area (Å²) in [6.45, 7) is 1.93. The second-order valence-electron chi connectivity index (χ2n) is 4.73. The van der Waals surface area contributed by atoms with Crippen molar-refractivity contribution in [3.8, 4) is 11.4 Å². The van der Waals surface area contributed by atoms with Gasteiger partial charge >= 0.3 is 0 Å². The maximum atomic E-state index is 6.34. The number of imidazole rings is 1. The standard InChI is InChI=1S/C16H14ClIN2O/c1-10(17)16-19-15-13(7-4-8-14(15)21-2)20(16)12-6-3-5-11(18)9-12/h3-10H,1-2H3. The number of fused-ring (bicyclic) bond motifs is 1. The number of alkyl halides is 1. The molecule has 0 radical (unpaired) electrons. The summed E-state index contributed by atoms with van der Waals surface area (Å²) in [4.78, 5) is 4.69. The molecular weight excluding hydrogens is 399 g/mol. The molecule has 0 saturated heterocycles. The fourth-order valence-electron chi connectivity index (χ4n) is 2.41. The maximum Gasteiger partial charge on any atom is 0.146 e. The van der Waals surface area contributed by atoms with E-state index in [2.05, 4.69) is 45.4 Å². The highest BCUT2D eigenvalue weighted by Crippen LogP contribution is 2.32. The van der Waals surface area contributed by atoms with Crippen molar-refractivity contribution in [1.82, 2.24) is 9.55 Å². The van der Waals surface area contributed by atoms with Crippen LogP contribution in [0.5, 0.6) is 5.75 Å². The van der Waals surface area contributed by atoms with Crippen LogP contribution in [0.1, 0.15) is 18.1 Å². The van der Waals surface area contributed by atoms with E-state index in [0.717, 1.165) is 28.3 Å². The molecule has 0 aliphatic carbocycles. The first-order valence-electron chi connectivity index (χ1n) is 6.57. The van der Waals surface area contributed by atoms with Crippen molar-refractivity contribution in [2.75, 3.05) is 7.11 Å². The molecule has 108 valence electrons. The second-order valence-corrected chi connectivity index (χ2v) is 6.63. The van der Waals surface area contributed by atoms with Crippen LogP contribution in [-0.2, 0) is 0 Å². The van der Waals surface area contributed by atoms with Gasteiger partial charge in [-0.2, -0.15) is 0 Å². The number of rotatable bonds is 3. The smallest absolute Gasteiger partial charge is 0.146 e. The third kappa shape index (κ3) is 2.62. The summed E-state index contributed by atoms with van der Waals surface area (Å²) in [6, 6.07) is 14.2. The van der Waals surface area contributed by atoms with Crippen LogP contribution >= 0.6 is 34.2 Å². The van der Waals surface area contributed by atoms with Crippen molar-refractivity contribution in [2.24, 2.45) is 0 Å². The zero-order valence-electron chi connectivity index (χ0n) is 11.7. The minimum absolute atomic E-state index is 0.194. The van der Waals surface area contributed by atoms with Crippen LogP contribution in [-0.4, -0.2) is 16.7 Å². The summed E-state index contributed by atoms with van der Waals surface area (Å²) in [5.41, 5.74) is 2.89. The van der Waals surface area contributed by atoms with Gasteiger partial charge in [0.05, 0.1) is 18.0 Å². The van der Waals surface area contributed by atoms with E-state index in [0.29, 0.717) is 0 Å². The molecule has 0 aliphatic heterocycles. The number of nitrogens with zero attached hydrogens (tertiary/aromatic N) is 2. The molecule has 1 unspecified atom stereocenters. The number of halogens is 2. The van der Waals surface area contributed by atoms with Gasteiger partial charge in [-0.3, -0.25) is 4.57 Å². The SMILES string of the molecule is COc1cccc2c1nc(C(C)Cl)n2-c1cccc(I)c1. The topological polar surface area (TPSA) is 27.1 Å². The molecular formula is C16H14ClIN2O. The van der Waals surface area contributed by atoms with E-state index < -0.39 is 0 Å². The van der Waals surface area contributed by atoms with Gasteiger partial charge in [0.15, 0.2) is 0 Å². The third-order valence-electron chi connectivity index (χ3n) is 3.32. The van der Waals surface area contributed by atoms with E-state index in [1.807, 2.05) is 31.2 Å². The van der Waals surface area contributed by atoms with Crippen molar-refractivity contribution in [3.05, 3.63) is 51.9 Å². The molecule has 3 rings (SSSR count). The van der Waals surface area contributed by atoms with Gasteiger partial charge in [0.1, 0.15) is 17.1 Å². The molecule has 5 heteroatoms. The Morgan fingerprint density at radius 2 is 2.00 bits per heavy atom. The van der Waals surface area contributed by atoms with Crippen LogP contribution in [0.25, 0.3) is 16.7 Å². The number of benzene rings is 2. The van der Waals surface area contributed by atoms with Gasteiger partial charge < -0.3 is 4.74 Å². The van der Waals surface area contributed by atoms with Crippen LogP contribution in [0.4, 0.5) is 0 Å². The van der Waals surface area contributed by atoms with Gasteiger partial charge in [-0.05, 0) is 59.8 Å². The van der Waals surface area contributed by atoms with Crippen LogP contribution < -0.4 is 4.74 Å². The first-order valence-corrected chi connectivity index (χ1v) is 8.08. The van der Waals surface area contributed by atoms with E-state index in [9.17, 15) is 0 Å². The molecule has 3 aromatic rings. The van der Waals surface area contributed by atoms with Crippen LogP contribution in [0, 0.1) is 3.57 Å². The number of ether oxygens (including phenoxy) is 1. The van der Waals surface area contributed by atoms with E-state index in [4.69, 9.17) is 21.3 Å². The van der Waals surface area contributed by atoms with Crippen LogP contribution in [0.15, 0.2) is 42.5 Å². The highest BCUT2D eigenvalue weighted by Gasteiger charge is 2.18. The Balaban J connectivity index is 2.36. The number of hydrogen-bond acceptors (Lipinski definition) is 2. The lowest BCUT2D eigenvalue weighted by Crippen LogP contribution is -2.02. The van der Waals surface area contributed by atoms with Gasteiger partial charge in [-0.1, -0.05) is 12.1 Å². The number of hydrogen-bond donors (Lipinski definition) is 0. The monoisotopic (exact) mass is 412 g/mol. The quantitative estimate of drug-likeness (QED) is 0.450. The van der Waals surface area contributed by atoms with E-state index in [1.54, 1.807) is 7.11 Å². The van der Waals surface area contributed by atoms with Gasteiger partial charge in [-0.25, -0.2) is 4.98 Å². The lowest BCUT2D eigenvalue weighted by atomic mass is 10.2. The Kier molecular flexibility index (Phi) is 4.08. The average Bonchev–Trinajstić information content (AvgIpc) is 2.86. The van der Waals surface area contributed by atoms with Gasteiger partial charge in [0.25, 0.3) is 0 Å². The Bertz CT molecular complexity index is 798. The molecule has 3 nitrogen and oxygen atoms in total. The predicted octanol–water partition coefficient (Wildman–Crippen LogP) is 4.94. The second kappa shape index (κ2) is 5.85. The highest BCUT2D eigenvalue weighted by molar-refractivity contribution is 14.1. The average molecular weight is 413 g/mol. The molecule has 1 aromatic heterocycles. The summed E-state index contributed by atoms with van der Waals surface area (Å²) in [5, 5.41) is -0.194. The number of aromatic nitrogens is 2. The van der Waals surface area contributed by atoms with Gasteiger partial charge in [0.2, 0.25) is 0 Å². The van der Waals surface area contributed by atoms with Crippen LogP contribution in [0.2, 0.25) is 0 Å². The summed E-state index contributed by atoms with van der Waals surface area (Å²) < 4.78 is 8.68. The van der Waals surface area contributed by atoms with Gasteiger partial charge in [0, 0.05) is 9.26 Å². The molecule has 0 amide bonds. The predicted molar refractivity (Wildman–Crippen MR) is 94.6 cm³/mol. The molecule has 0 N–H and O–H groups in total. The van der Waals surface area contributed by atoms with E-state index in [1.165, 1.54) is 3.57 Å². The molecule has 0 aliphatic rings. The zero-order chi connectivity index (χ0) is 15.0. The van der Waals surface area contributed by atoms with Crippen molar-refractivity contribution in [2.45, 2.75) is 12.3 Å². The minimum Gasteiger partial charge on any atom is -0.494 e. The van der Waals surface area contributed by atoms with Crippen molar-refractivity contribution in [3.63, 3.8) is 0 Å². The molecule has 2 aromatic carbocycles. The normalized spacial score (nSPS) is 12.6. The Morgan fingerprint density at radius 1 is 1.24 bits per heavy atom. The molecule has 1 heterocycles. The van der Waals surface area contributed by atoms with Crippen molar-refractivity contribution >= 4 is 45.2 Å². The fraction of sp³-hybridized carbons (Fsp3) is 0.188. The first kappa shape index (κ1) is 14.7. The lowest BCUT2D eigenvalue weighted by molar-refractivity contribution is 0.419. The Labute approximate surface area is 142 Å². The third-order valence-corrected chi connectivity index (χ3v) is 4.18. The van der Waals surface area contributed by atoms with E-state index >= 15 is 0 Å². The molecule has 0 bridgehead atoms.